The Labute approximate surface area is 143 Å². The molecule has 0 amide bonds. The highest BCUT2D eigenvalue weighted by Crippen LogP contribution is 2.27. The second-order valence-corrected chi connectivity index (χ2v) is 6.94. The largest absolute Gasteiger partial charge is 0.393 e. The van der Waals surface area contributed by atoms with Gasteiger partial charge in [0, 0.05) is 13.0 Å². The van der Waals surface area contributed by atoms with E-state index in [9.17, 15) is 5.11 Å². The highest BCUT2D eigenvalue weighted by atomic mass is 16.5. The van der Waals surface area contributed by atoms with E-state index in [-0.39, 0.29) is 12.1 Å². The van der Waals surface area contributed by atoms with Crippen molar-refractivity contribution in [3.05, 3.63) is 47.6 Å². The quantitative estimate of drug-likeness (QED) is 0.882. The molecule has 1 heterocycles. The normalized spacial score (nSPS) is 22.7. The average Bonchev–Trinajstić information content (AvgIpc) is 3.05. The topological polar surface area (TPSA) is 62.4 Å². The van der Waals surface area contributed by atoms with E-state index in [0.29, 0.717) is 24.1 Å². The molecule has 3 atom stereocenters. The molecule has 0 saturated heterocycles. The molecule has 24 heavy (non-hydrogen) atoms. The number of nitrogens with zero attached hydrogens (tertiary/aromatic N) is 3. The van der Waals surface area contributed by atoms with Gasteiger partial charge in [-0.3, -0.25) is 4.90 Å². The van der Waals surface area contributed by atoms with E-state index in [1.807, 2.05) is 18.2 Å². The molecule has 5 heteroatoms. The summed E-state index contributed by atoms with van der Waals surface area (Å²) in [4.78, 5) is 6.76. The minimum Gasteiger partial charge on any atom is -0.393 e. The lowest BCUT2D eigenvalue weighted by Crippen LogP contribution is -2.36. The van der Waals surface area contributed by atoms with Crippen LogP contribution < -0.4 is 0 Å². The number of benzene rings is 1. The van der Waals surface area contributed by atoms with Gasteiger partial charge in [0.15, 0.2) is 5.82 Å². The zero-order chi connectivity index (χ0) is 16.9. The Morgan fingerprint density at radius 3 is 2.75 bits per heavy atom. The van der Waals surface area contributed by atoms with Crippen LogP contribution in [-0.4, -0.2) is 39.8 Å². The van der Waals surface area contributed by atoms with Crippen LogP contribution in [0, 0.1) is 5.92 Å². The fourth-order valence-electron chi connectivity index (χ4n) is 3.41. The molecule has 3 unspecified atom stereocenters. The second kappa shape index (κ2) is 7.90. The Hall–Kier alpha value is -1.72. The summed E-state index contributed by atoms with van der Waals surface area (Å²) in [6.45, 7) is 2.94. The molecule has 1 aromatic carbocycles. The van der Waals surface area contributed by atoms with Crippen molar-refractivity contribution in [2.24, 2.45) is 5.92 Å². The number of aromatic nitrogens is 2. The predicted molar refractivity (Wildman–Crippen MR) is 92.6 cm³/mol. The van der Waals surface area contributed by atoms with Crippen LogP contribution in [0.25, 0.3) is 0 Å². The summed E-state index contributed by atoms with van der Waals surface area (Å²) in [6.07, 6.45) is 4.89. The zero-order valence-electron chi connectivity index (χ0n) is 14.6. The minimum absolute atomic E-state index is 0.0520. The Balaban J connectivity index is 1.59. The molecule has 1 saturated carbocycles. The molecular weight excluding hydrogens is 302 g/mol. The van der Waals surface area contributed by atoms with E-state index in [1.54, 1.807) is 0 Å². The third kappa shape index (κ3) is 4.22. The van der Waals surface area contributed by atoms with Gasteiger partial charge < -0.3 is 9.63 Å². The van der Waals surface area contributed by atoms with Crippen molar-refractivity contribution in [2.45, 2.75) is 51.2 Å². The van der Waals surface area contributed by atoms with Gasteiger partial charge in [-0.2, -0.15) is 4.98 Å². The number of aliphatic hydroxyl groups excluding tert-OH is 1. The van der Waals surface area contributed by atoms with Gasteiger partial charge in [0.05, 0.1) is 12.1 Å². The first-order chi connectivity index (χ1) is 11.6. The molecule has 0 spiro atoms. The fraction of sp³-hybridized carbons (Fsp3) is 0.579. The molecule has 2 aromatic rings. The summed E-state index contributed by atoms with van der Waals surface area (Å²) in [7, 11) is 2.06. The first kappa shape index (κ1) is 17.1. The van der Waals surface area contributed by atoms with Crippen LogP contribution in [0.4, 0.5) is 0 Å². The van der Waals surface area contributed by atoms with Crippen LogP contribution in [0.5, 0.6) is 0 Å². The molecule has 1 aliphatic carbocycles. The van der Waals surface area contributed by atoms with Gasteiger partial charge >= 0.3 is 0 Å². The molecule has 5 nitrogen and oxygen atoms in total. The lowest BCUT2D eigenvalue weighted by molar-refractivity contribution is 0.0415. The van der Waals surface area contributed by atoms with Gasteiger partial charge in [-0.25, -0.2) is 0 Å². The Morgan fingerprint density at radius 2 is 2.00 bits per heavy atom. The maximum Gasteiger partial charge on any atom is 0.243 e. The molecule has 130 valence electrons. The van der Waals surface area contributed by atoms with Crippen molar-refractivity contribution in [2.75, 3.05) is 13.6 Å². The van der Waals surface area contributed by atoms with E-state index >= 15 is 0 Å². The molecule has 1 aliphatic rings. The van der Waals surface area contributed by atoms with Crippen LogP contribution in [0.3, 0.4) is 0 Å². The van der Waals surface area contributed by atoms with Crippen molar-refractivity contribution >= 4 is 0 Å². The van der Waals surface area contributed by atoms with Gasteiger partial charge in [0.25, 0.3) is 0 Å². The average molecular weight is 329 g/mol. The number of rotatable bonds is 6. The molecule has 1 fully saturated rings. The minimum atomic E-state index is -0.176. The zero-order valence-corrected chi connectivity index (χ0v) is 14.6. The fourth-order valence-corrected chi connectivity index (χ4v) is 3.41. The second-order valence-electron chi connectivity index (χ2n) is 6.94. The molecule has 1 aromatic heterocycles. The summed E-state index contributed by atoms with van der Waals surface area (Å²) in [5.74, 6) is 1.71. The smallest absolute Gasteiger partial charge is 0.243 e. The number of hydrogen-bond acceptors (Lipinski definition) is 5. The predicted octanol–water partition coefficient (Wildman–Crippen LogP) is 3.20. The maximum atomic E-state index is 10.2. The van der Waals surface area contributed by atoms with Crippen molar-refractivity contribution in [3.63, 3.8) is 0 Å². The van der Waals surface area contributed by atoms with E-state index < -0.39 is 0 Å². The number of hydrogen-bond donors (Lipinski definition) is 1. The molecule has 0 bridgehead atoms. The monoisotopic (exact) mass is 329 g/mol. The van der Waals surface area contributed by atoms with E-state index in [4.69, 9.17) is 4.52 Å². The van der Waals surface area contributed by atoms with Gasteiger partial charge in [-0.1, -0.05) is 48.3 Å². The lowest BCUT2D eigenvalue weighted by Gasteiger charge is -2.32. The lowest BCUT2D eigenvalue weighted by atomic mass is 9.86. The standard InChI is InChI=1S/C19H27N3O2/c1-14(22(2)13-16-10-6-7-11-17(16)23)19-20-18(21-24-19)12-15-8-4-3-5-9-15/h3-5,8-9,14,16-17,23H,6-7,10-13H2,1-2H3. The van der Waals surface area contributed by atoms with Crippen molar-refractivity contribution in [1.82, 2.24) is 15.0 Å². The summed E-state index contributed by atoms with van der Waals surface area (Å²) in [5, 5.41) is 14.3. The van der Waals surface area contributed by atoms with Crippen LogP contribution in [-0.2, 0) is 6.42 Å². The summed E-state index contributed by atoms with van der Waals surface area (Å²) < 4.78 is 5.47. The Kier molecular flexibility index (Phi) is 5.63. The van der Waals surface area contributed by atoms with Crippen molar-refractivity contribution in [3.8, 4) is 0 Å². The molecule has 1 N–H and O–H groups in total. The third-order valence-corrected chi connectivity index (χ3v) is 5.10. The summed E-state index contributed by atoms with van der Waals surface area (Å²) >= 11 is 0. The van der Waals surface area contributed by atoms with Crippen molar-refractivity contribution < 1.29 is 9.63 Å². The van der Waals surface area contributed by atoms with E-state index in [1.165, 1.54) is 12.0 Å². The van der Waals surface area contributed by atoms with Gasteiger partial charge in [0.2, 0.25) is 5.89 Å². The first-order valence-electron chi connectivity index (χ1n) is 8.88. The maximum absolute atomic E-state index is 10.2. The van der Waals surface area contributed by atoms with Gasteiger partial charge in [-0.15, -0.1) is 0 Å². The van der Waals surface area contributed by atoms with E-state index in [0.717, 1.165) is 25.8 Å². The highest BCUT2D eigenvalue weighted by Gasteiger charge is 2.27. The van der Waals surface area contributed by atoms with Crippen LogP contribution >= 0.6 is 0 Å². The third-order valence-electron chi connectivity index (χ3n) is 5.10. The number of aliphatic hydroxyl groups is 1. The van der Waals surface area contributed by atoms with Crippen LogP contribution in [0.15, 0.2) is 34.9 Å². The molecule has 0 radical (unpaired) electrons. The van der Waals surface area contributed by atoms with Crippen LogP contribution in [0.1, 0.15) is 55.9 Å². The van der Waals surface area contributed by atoms with Crippen LogP contribution in [0.2, 0.25) is 0 Å². The highest BCUT2D eigenvalue weighted by molar-refractivity contribution is 5.18. The SMILES string of the molecule is CC(c1nc(Cc2ccccc2)no1)N(C)CC1CCCCC1O. The molecule has 3 rings (SSSR count). The summed E-state index contributed by atoms with van der Waals surface area (Å²) in [5.41, 5.74) is 1.18. The Bertz CT molecular complexity index is 629. The van der Waals surface area contributed by atoms with Gasteiger partial charge in [-0.05, 0) is 38.3 Å². The first-order valence-corrected chi connectivity index (χ1v) is 8.88. The summed E-state index contributed by atoms with van der Waals surface area (Å²) in [6, 6.07) is 10.2. The molecular formula is C19H27N3O2. The molecule has 0 aliphatic heterocycles. The van der Waals surface area contributed by atoms with Crippen molar-refractivity contribution in [1.29, 1.82) is 0 Å². The van der Waals surface area contributed by atoms with E-state index in [2.05, 4.69) is 41.1 Å². The Morgan fingerprint density at radius 1 is 1.25 bits per heavy atom. The van der Waals surface area contributed by atoms with Gasteiger partial charge in [0.1, 0.15) is 0 Å².